The van der Waals surface area contributed by atoms with Gasteiger partial charge in [-0.3, -0.25) is 0 Å². The molecule has 0 aromatic heterocycles. The molecule has 0 saturated carbocycles. The molecule has 110 valence electrons. The lowest BCUT2D eigenvalue weighted by molar-refractivity contribution is 0.434. The highest BCUT2D eigenvalue weighted by Gasteiger charge is 2.23. The monoisotopic (exact) mass is 330 g/mol. The first-order valence-electron chi connectivity index (χ1n) is 6.43. The highest BCUT2D eigenvalue weighted by molar-refractivity contribution is 7.99. The third-order valence-electron chi connectivity index (χ3n) is 3.14. The summed E-state index contributed by atoms with van der Waals surface area (Å²) in [6.45, 7) is 1.21. The number of nitrogens with zero attached hydrogens (tertiary/aromatic N) is 1. The Morgan fingerprint density at radius 3 is 2.90 bits per heavy atom. The fourth-order valence-electron chi connectivity index (χ4n) is 2.12. The van der Waals surface area contributed by atoms with Gasteiger partial charge in [0.05, 0.1) is 5.75 Å². The third-order valence-corrected chi connectivity index (χ3v) is 6.27. The smallest absolute Gasteiger partial charge is 0.218 e. The second kappa shape index (κ2) is 6.89. The molecule has 2 N–H and O–H groups in total. The van der Waals surface area contributed by atoms with E-state index in [2.05, 4.69) is 0 Å². The lowest BCUT2D eigenvalue weighted by atomic mass is 10.1. The van der Waals surface area contributed by atoms with Crippen LogP contribution in [0.2, 0.25) is 0 Å². The van der Waals surface area contributed by atoms with Crippen LogP contribution < -0.4 is 5.73 Å². The minimum atomic E-state index is -3.27. The highest BCUT2D eigenvalue weighted by atomic mass is 32.2. The molecule has 1 aliphatic rings. The van der Waals surface area contributed by atoms with Gasteiger partial charge >= 0.3 is 0 Å². The van der Waals surface area contributed by atoms with E-state index >= 15 is 0 Å². The zero-order valence-electron chi connectivity index (χ0n) is 11.1. The Morgan fingerprint density at radius 1 is 1.35 bits per heavy atom. The molecule has 20 heavy (non-hydrogen) atoms. The van der Waals surface area contributed by atoms with Crippen molar-refractivity contribution in [1.29, 1.82) is 0 Å². The summed E-state index contributed by atoms with van der Waals surface area (Å²) >= 11 is 6.73. The van der Waals surface area contributed by atoms with Crippen LogP contribution in [0.15, 0.2) is 24.3 Å². The van der Waals surface area contributed by atoms with E-state index in [1.807, 2.05) is 11.8 Å². The molecule has 0 bridgehead atoms. The Labute approximate surface area is 129 Å². The van der Waals surface area contributed by atoms with Crippen molar-refractivity contribution in [1.82, 2.24) is 4.31 Å². The van der Waals surface area contributed by atoms with Crippen LogP contribution in [0.25, 0.3) is 0 Å². The fraction of sp³-hybridized carbons (Fsp3) is 0.462. The molecule has 0 amide bonds. The first kappa shape index (κ1) is 15.8. The number of hydrogen-bond donors (Lipinski definition) is 1. The van der Waals surface area contributed by atoms with Gasteiger partial charge in [-0.2, -0.15) is 11.8 Å². The molecular formula is C13H18N2O2S3. The minimum absolute atomic E-state index is 0.00806. The molecule has 0 radical (unpaired) electrons. The van der Waals surface area contributed by atoms with E-state index in [1.165, 1.54) is 0 Å². The second-order valence-corrected chi connectivity index (χ2v) is 8.32. The van der Waals surface area contributed by atoms with Crippen LogP contribution in [-0.2, 0) is 15.8 Å². The van der Waals surface area contributed by atoms with Gasteiger partial charge in [0, 0.05) is 24.4 Å². The molecule has 0 unspecified atom stereocenters. The molecule has 1 heterocycles. The molecular weight excluding hydrogens is 312 g/mol. The maximum Gasteiger partial charge on any atom is 0.218 e. The summed E-state index contributed by atoms with van der Waals surface area (Å²) in [6.07, 6.45) is 0.914. The quantitative estimate of drug-likeness (QED) is 0.850. The summed E-state index contributed by atoms with van der Waals surface area (Å²) in [4.78, 5) is 0.287. The average molecular weight is 331 g/mol. The van der Waals surface area contributed by atoms with E-state index in [0.717, 1.165) is 23.5 Å². The maximum atomic E-state index is 12.4. The Hall–Kier alpha value is -0.630. The molecule has 1 aromatic rings. The average Bonchev–Trinajstić information content (AvgIpc) is 2.67. The van der Waals surface area contributed by atoms with Crippen LogP contribution in [0.5, 0.6) is 0 Å². The second-order valence-electron chi connectivity index (χ2n) is 4.69. The number of benzene rings is 1. The number of nitrogens with two attached hydrogens (primary N) is 1. The van der Waals surface area contributed by atoms with Gasteiger partial charge in [0.25, 0.3) is 0 Å². The standard InChI is InChI=1S/C13H18N2O2S3/c14-13(18)12-4-1-3-11(9-12)10-20(16,17)15-5-2-7-19-8-6-15/h1,3-4,9H,2,5-8,10H2,(H2,14,18). The molecule has 0 spiro atoms. The van der Waals surface area contributed by atoms with Crippen molar-refractivity contribution in [2.45, 2.75) is 12.2 Å². The highest BCUT2D eigenvalue weighted by Crippen LogP contribution is 2.17. The molecule has 0 aliphatic carbocycles. The normalized spacial score (nSPS) is 17.6. The Bertz CT molecular complexity index is 579. The maximum absolute atomic E-state index is 12.4. The van der Waals surface area contributed by atoms with E-state index in [1.54, 1.807) is 28.6 Å². The molecule has 0 atom stereocenters. The number of thioether (sulfide) groups is 1. The summed E-state index contributed by atoms with van der Waals surface area (Å²) in [5.41, 5.74) is 7.02. The predicted molar refractivity (Wildman–Crippen MR) is 88.5 cm³/mol. The van der Waals surface area contributed by atoms with Crippen molar-refractivity contribution in [2.24, 2.45) is 5.73 Å². The minimum Gasteiger partial charge on any atom is -0.389 e. The van der Waals surface area contributed by atoms with Gasteiger partial charge in [-0.15, -0.1) is 0 Å². The molecule has 1 saturated heterocycles. The summed E-state index contributed by atoms with van der Waals surface area (Å²) in [5.74, 6) is 1.91. The van der Waals surface area contributed by atoms with Crippen LogP contribution in [0.4, 0.5) is 0 Å². The van der Waals surface area contributed by atoms with E-state index in [0.29, 0.717) is 18.7 Å². The van der Waals surface area contributed by atoms with Gasteiger partial charge in [0.15, 0.2) is 0 Å². The summed E-state index contributed by atoms with van der Waals surface area (Å²) in [5, 5.41) is 0. The summed E-state index contributed by atoms with van der Waals surface area (Å²) in [7, 11) is -3.27. The zero-order valence-corrected chi connectivity index (χ0v) is 13.6. The van der Waals surface area contributed by atoms with Crippen LogP contribution in [0.3, 0.4) is 0 Å². The van der Waals surface area contributed by atoms with Crippen molar-refractivity contribution < 1.29 is 8.42 Å². The van der Waals surface area contributed by atoms with Gasteiger partial charge < -0.3 is 5.73 Å². The Kier molecular flexibility index (Phi) is 5.42. The molecule has 1 aromatic carbocycles. The van der Waals surface area contributed by atoms with E-state index in [4.69, 9.17) is 18.0 Å². The molecule has 1 aliphatic heterocycles. The lowest BCUT2D eigenvalue weighted by Crippen LogP contribution is -2.34. The lowest BCUT2D eigenvalue weighted by Gasteiger charge is -2.19. The molecule has 1 fully saturated rings. The van der Waals surface area contributed by atoms with Crippen LogP contribution in [-0.4, -0.2) is 42.3 Å². The van der Waals surface area contributed by atoms with Gasteiger partial charge in [0.2, 0.25) is 10.0 Å². The van der Waals surface area contributed by atoms with Gasteiger partial charge in [0.1, 0.15) is 4.99 Å². The van der Waals surface area contributed by atoms with Crippen molar-refractivity contribution in [3.05, 3.63) is 35.4 Å². The van der Waals surface area contributed by atoms with Crippen molar-refractivity contribution in [3.8, 4) is 0 Å². The largest absolute Gasteiger partial charge is 0.389 e. The zero-order chi connectivity index (χ0) is 14.6. The Morgan fingerprint density at radius 2 is 2.15 bits per heavy atom. The molecule has 2 rings (SSSR count). The topological polar surface area (TPSA) is 63.4 Å². The summed E-state index contributed by atoms with van der Waals surface area (Å²) in [6, 6.07) is 7.14. The van der Waals surface area contributed by atoms with Gasteiger partial charge in [-0.05, 0) is 23.8 Å². The number of rotatable bonds is 4. The van der Waals surface area contributed by atoms with E-state index in [-0.39, 0.29) is 10.7 Å². The molecule has 7 heteroatoms. The Balaban J connectivity index is 2.14. The molecule has 4 nitrogen and oxygen atoms in total. The number of thiocarbonyl (C=S) groups is 1. The van der Waals surface area contributed by atoms with Crippen molar-refractivity contribution in [3.63, 3.8) is 0 Å². The SMILES string of the molecule is NC(=S)c1cccc(CS(=O)(=O)N2CCCSCC2)c1. The fourth-order valence-corrected chi connectivity index (χ4v) is 4.81. The first-order chi connectivity index (χ1) is 9.49. The van der Waals surface area contributed by atoms with Crippen molar-refractivity contribution in [2.75, 3.05) is 24.6 Å². The van der Waals surface area contributed by atoms with E-state index in [9.17, 15) is 8.42 Å². The summed E-state index contributed by atoms with van der Waals surface area (Å²) < 4.78 is 26.5. The third kappa shape index (κ3) is 4.18. The number of hydrogen-bond acceptors (Lipinski definition) is 4. The van der Waals surface area contributed by atoms with Gasteiger partial charge in [-0.1, -0.05) is 30.4 Å². The van der Waals surface area contributed by atoms with Crippen LogP contribution in [0, 0.1) is 0 Å². The number of sulfonamides is 1. The van der Waals surface area contributed by atoms with Gasteiger partial charge in [-0.25, -0.2) is 12.7 Å². The van der Waals surface area contributed by atoms with Crippen LogP contribution >= 0.6 is 24.0 Å². The predicted octanol–water partition coefficient (Wildman–Crippen LogP) is 1.59. The van der Waals surface area contributed by atoms with E-state index < -0.39 is 10.0 Å². The van der Waals surface area contributed by atoms with Crippen molar-refractivity contribution >= 4 is 39.0 Å². The van der Waals surface area contributed by atoms with Crippen LogP contribution in [0.1, 0.15) is 17.5 Å². The first-order valence-corrected chi connectivity index (χ1v) is 9.60.